The Morgan fingerprint density at radius 2 is 2.04 bits per heavy atom. The third-order valence-electron chi connectivity index (χ3n) is 4.29. The van der Waals surface area contributed by atoms with Gasteiger partial charge in [-0.25, -0.2) is 17.8 Å². The Kier molecular flexibility index (Phi) is 5.33. The van der Waals surface area contributed by atoms with Gasteiger partial charge in [-0.1, -0.05) is 18.2 Å². The van der Waals surface area contributed by atoms with E-state index < -0.39 is 10.0 Å². The first-order valence-corrected chi connectivity index (χ1v) is 10.2. The van der Waals surface area contributed by atoms with Crippen molar-refractivity contribution in [2.45, 2.75) is 19.4 Å². The highest BCUT2D eigenvalue weighted by atomic mass is 32.2. The van der Waals surface area contributed by atoms with Gasteiger partial charge in [0.05, 0.1) is 17.6 Å². The lowest BCUT2D eigenvalue weighted by molar-refractivity contribution is 0.167. The minimum atomic E-state index is -3.11. The van der Waals surface area contributed by atoms with Gasteiger partial charge in [-0.05, 0) is 43.5 Å². The van der Waals surface area contributed by atoms with Gasteiger partial charge in [-0.2, -0.15) is 5.10 Å². The summed E-state index contributed by atoms with van der Waals surface area (Å²) in [6.45, 7) is 3.26. The molecule has 1 aromatic carbocycles. The molecule has 0 aliphatic carbocycles. The van der Waals surface area contributed by atoms with Crippen LogP contribution in [-0.4, -0.2) is 49.0 Å². The van der Waals surface area contributed by atoms with Crippen molar-refractivity contribution in [2.24, 2.45) is 5.92 Å². The molecule has 0 spiro atoms. The monoisotopic (exact) mass is 348 g/mol. The van der Waals surface area contributed by atoms with Gasteiger partial charge in [0.1, 0.15) is 0 Å². The maximum Gasteiger partial charge on any atom is 0.208 e. The summed E-state index contributed by atoms with van der Waals surface area (Å²) >= 11 is 0. The molecule has 24 heavy (non-hydrogen) atoms. The third-order valence-corrected chi connectivity index (χ3v) is 4.98. The number of nitrogens with zero attached hydrogens (tertiary/aromatic N) is 3. The number of rotatable bonds is 6. The van der Waals surface area contributed by atoms with Crippen LogP contribution in [0.4, 0.5) is 0 Å². The topological polar surface area (TPSA) is 67.2 Å². The predicted octanol–water partition coefficient (Wildman–Crippen LogP) is 1.63. The fourth-order valence-corrected chi connectivity index (χ4v) is 3.67. The highest BCUT2D eigenvalue weighted by Crippen LogP contribution is 2.18. The number of aromatic nitrogens is 2. The molecule has 2 aromatic rings. The molecule has 1 atom stereocenters. The molecule has 0 radical (unpaired) electrons. The minimum Gasteiger partial charge on any atom is -0.297 e. The van der Waals surface area contributed by atoms with Crippen molar-refractivity contribution in [3.05, 3.63) is 48.3 Å². The molecule has 6 nitrogen and oxygen atoms in total. The molecule has 7 heteroatoms. The number of hydrogen-bond donors (Lipinski definition) is 1. The van der Waals surface area contributed by atoms with E-state index in [0.29, 0.717) is 12.5 Å². The Bertz CT molecular complexity index is 758. The summed E-state index contributed by atoms with van der Waals surface area (Å²) in [5.74, 6) is 0.365. The van der Waals surface area contributed by atoms with Crippen LogP contribution in [0.15, 0.2) is 42.6 Å². The lowest BCUT2D eigenvalue weighted by Gasteiger charge is -2.32. The van der Waals surface area contributed by atoms with E-state index >= 15 is 0 Å². The SMILES string of the molecule is CS(=O)(=O)NCC1CCCN(Cc2ccn(-c3ccccc3)n2)C1. The second-order valence-electron chi connectivity index (χ2n) is 6.45. The van der Waals surface area contributed by atoms with Gasteiger partial charge in [0.25, 0.3) is 0 Å². The molecule has 3 rings (SSSR count). The number of sulfonamides is 1. The normalized spacial score (nSPS) is 19.5. The van der Waals surface area contributed by atoms with Crippen molar-refractivity contribution in [1.82, 2.24) is 19.4 Å². The van der Waals surface area contributed by atoms with Gasteiger partial charge in [-0.3, -0.25) is 4.90 Å². The highest BCUT2D eigenvalue weighted by Gasteiger charge is 2.21. The quantitative estimate of drug-likeness (QED) is 0.862. The largest absolute Gasteiger partial charge is 0.297 e. The number of benzene rings is 1. The Balaban J connectivity index is 1.57. The zero-order chi connectivity index (χ0) is 17.0. The van der Waals surface area contributed by atoms with Crippen LogP contribution in [0.3, 0.4) is 0 Å². The first-order chi connectivity index (χ1) is 11.5. The third kappa shape index (κ3) is 4.90. The predicted molar refractivity (Wildman–Crippen MR) is 94.4 cm³/mol. The van der Waals surface area contributed by atoms with Crippen LogP contribution in [0.1, 0.15) is 18.5 Å². The summed E-state index contributed by atoms with van der Waals surface area (Å²) in [4.78, 5) is 2.36. The Labute approximate surface area is 143 Å². The van der Waals surface area contributed by atoms with Crippen LogP contribution in [0.25, 0.3) is 5.69 Å². The average Bonchev–Trinajstić information content (AvgIpc) is 3.02. The molecule has 1 N–H and O–H groups in total. The van der Waals surface area contributed by atoms with Crippen molar-refractivity contribution in [3.63, 3.8) is 0 Å². The summed E-state index contributed by atoms with van der Waals surface area (Å²) < 4.78 is 27.0. The van der Waals surface area contributed by atoms with Crippen LogP contribution < -0.4 is 4.72 Å². The minimum absolute atomic E-state index is 0.365. The number of piperidine rings is 1. The fourth-order valence-electron chi connectivity index (χ4n) is 3.13. The molecule has 1 aliphatic rings. The second kappa shape index (κ2) is 7.46. The smallest absolute Gasteiger partial charge is 0.208 e. The Hall–Kier alpha value is -1.70. The lowest BCUT2D eigenvalue weighted by Crippen LogP contribution is -2.40. The molecule has 0 amide bonds. The van der Waals surface area contributed by atoms with Gasteiger partial charge in [0.2, 0.25) is 10.0 Å². The summed E-state index contributed by atoms with van der Waals surface area (Å²) in [5, 5.41) is 4.65. The van der Waals surface area contributed by atoms with E-state index in [1.54, 1.807) is 0 Å². The summed E-state index contributed by atoms with van der Waals surface area (Å²) in [5.41, 5.74) is 2.09. The number of hydrogen-bond acceptors (Lipinski definition) is 4. The lowest BCUT2D eigenvalue weighted by atomic mass is 9.98. The number of para-hydroxylation sites is 1. The summed E-state index contributed by atoms with van der Waals surface area (Å²) in [6, 6.07) is 12.1. The van der Waals surface area contributed by atoms with Crippen LogP contribution >= 0.6 is 0 Å². The molecular formula is C17H24N4O2S. The molecular weight excluding hydrogens is 324 g/mol. The maximum absolute atomic E-state index is 11.2. The first kappa shape index (κ1) is 17.1. The fraction of sp³-hybridized carbons (Fsp3) is 0.471. The Morgan fingerprint density at radius 3 is 2.79 bits per heavy atom. The van der Waals surface area contributed by atoms with Crippen LogP contribution in [0.5, 0.6) is 0 Å². The highest BCUT2D eigenvalue weighted by molar-refractivity contribution is 7.88. The van der Waals surface area contributed by atoms with Gasteiger partial charge < -0.3 is 0 Å². The van der Waals surface area contributed by atoms with E-state index in [0.717, 1.165) is 43.9 Å². The molecule has 1 fully saturated rings. The van der Waals surface area contributed by atoms with Crippen molar-refractivity contribution in [3.8, 4) is 5.69 Å². The van der Waals surface area contributed by atoms with Crippen LogP contribution in [-0.2, 0) is 16.6 Å². The van der Waals surface area contributed by atoms with Gasteiger partial charge in [0, 0.05) is 25.8 Å². The molecule has 1 aromatic heterocycles. The van der Waals surface area contributed by atoms with Crippen LogP contribution in [0, 0.1) is 5.92 Å². The average molecular weight is 348 g/mol. The molecule has 1 aliphatic heterocycles. The maximum atomic E-state index is 11.2. The number of nitrogens with one attached hydrogen (secondary N) is 1. The van der Waals surface area contributed by atoms with E-state index in [4.69, 9.17) is 0 Å². The summed E-state index contributed by atoms with van der Waals surface area (Å²) in [7, 11) is -3.11. The molecule has 0 bridgehead atoms. The standard InChI is InChI=1S/C17H24N4O2S/c1-24(22,23)18-12-15-6-5-10-20(13-15)14-16-9-11-21(19-16)17-7-3-2-4-8-17/h2-4,7-9,11,15,18H,5-6,10,12-14H2,1H3. The van der Waals surface area contributed by atoms with E-state index in [9.17, 15) is 8.42 Å². The number of likely N-dealkylation sites (tertiary alicyclic amines) is 1. The first-order valence-electron chi connectivity index (χ1n) is 8.26. The van der Waals surface area contributed by atoms with Crippen molar-refractivity contribution in [1.29, 1.82) is 0 Å². The molecule has 2 heterocycles. The van der Waals surface area contributed by atoms with Crippen molar-refractivity contribution in [2.75, 3.05) is 25.9 Å². The van der Waals surface area contributed by atoms with Gasteiger partial charge in [0.15, 0.2) is 0 Å². The van der Waals surface area contributed by atoms with E-state index in [1.807, 2.05) is 47.3 Å². The summed E-state index contributed by atoms with van der Waals surface area (Å²) in [6.07, 6.45) is 5.36. The molecule has 0 saturated carbocycles. The van der Waals surface area contributed by atoms with E-state index in [2.05, 4.69) is 14.7 Å². The molecule has 130 valence electrons. The van der Waals surface area contributed by atoms with Gasteiger partial charge >= 0.3 is 0 Å². The Morgan fingerprint density at radius 1 is 1.25 bits per heavy atom. The molecule has 1 saturated heterocycles. The van der Waals surface area contributed by atoms with Gasteiger partial charge in [-0.15, -0.1) is 0 Å². The van der Waals surface area contributed by atoms with Crippen LogP contribution in [0.2, 0.25) is 0 Å². The van der Waals surface area contributed by atoms with Crippen molar-refractivity contribution < 1.29 is 8.42 Å². The zero-order valence-electron chi connectivity index (χ0n) is 13.9. The van der Waals surface area contributed by atoms with Crippen molar-refractivity contribution >= 4 is 10.0 Å². The van der Waals surface area contributed by atoms with E-state index in [-0.39, 0.29) is 0 Å². The second-order valence-corrected chi connectivity index (χ2v) is 8.28. The molecule has 1 unspecified atom stereocenters. The van der Waals surface area contributed by atoms with E-state index in [1.165, 1.54) is 6.26 Å². The zero-order valence-corrected chi connectivity index (χ0v) is 14.7.